The van der Waals surface area contributed by atoms with Crippen LogP contribution in [0, 0.1) is 3.57 Å². The van der Waals surface area contributed by atoms with Crippen molar-refractivity contribution in [3.8, 4) is 0 Å². The first-order chi connectivity index (χ1) is 10.1. The van der Waals surface area contributed by atoms with Crippen LogP contribution in [0.15, 0.2) is 48.5 Å². The zero-order chi connectivity index (χ0) is 15.3. The van der Waals surface area contributed by atoms with E-state index in [4.69, 9.17) is 16.3 Å². The Morgan fingerprint density at radius 2 is 1.67 bits per heavy atom. The van der Waals surface area contributed by atoms with Gasteiger partial charge in [-0.15, -0.1) is 0 Å². The van der Waals surface area contributed by atoms with Crippen molar-refractivity contribution in [2.75, 3.05) is 13.7 Å². The Morgan fingerprint density at radius 3 is 2.19 bits per heavy atom. The van der Waals surface area contributed by atoms with E-state index in [9.17, 15) is 5.11 Å². The van der Waals surface area contributed by atoms with Gasteiger partial charge in [-0.3, -0.25) is 0 Å². The average Bonchev–Trinajstić information content (AvgIpc) is 2.48. The van der Waals surface area contributed by atoms with Crippen LogP contribution in [0.25, 0.3) is 0 Å². The van der Waals surface area contributed by atoms with Gasteiger partial charge < -0.3 is 15.0 Å². The Hall–Kier alpha value is -0.595. The van der Waals surface area contributed by atoms with Crippen LogP contribution in [0.3, 0.4) is 0 Å². The molecule has 110 valence electrons. The summed E-state index contributed by atoms with van der Waals surface area (Å²) in [5.41, 5.74) is 0.485. The van der Waals surface area contributed by atoms with E-state index < -0.39 is 5.60 Å². The van der Waals surface area contributed by atoms with Crippen molar-refractivity contribution < 1.29 is 9.76 Å². The van der Waals surface area contributed by atoms with E-state index in [1.54, 1.807) is 19.2 Å². The zero-order valence-electron chi connectivity index (χ0n) is 11.6. The molecule has 1 atom stereocenters. The Bertz CT molecular complexity index is 532. The lowest BCUT2D eigenvalue weighted by atomic mass is 9.85. The first kappa shape index (κ1) is 16.8. The molecule has 0 aliphatic rings. The second-order valence-corrected chi connectivity index (χ2v) is 6.42. The van der Waals surface area contributed by atoms with Crippen molar-refractivity contribution >= 4 is 41.8 Å². The maximum atomic E-state index is 11.2. The van der Waals surface area contributed by atoms with Crippen LogP contribution < -0.4 is 5.23 Å². The number of rotatable bonds is 6. The van der Waals surface area contributed by atoms with Crippen LogP contribution in [-0.4, -0.2) is 26.4 Å². The van der Waals surface area contributed by atoms with Crippen LogP contribution >= 0.6 is 34.2 Å². The van der Waals surface area contributed by atoms with Gasteiger partial charge in [0, 0.05) is 22.2 Å². The Balaban J connectivity index is 2.37. The molecule has 0 fully saturated rings. The molecule has 2 rings (SSSR count). The topological polar surface area (TPSA) is 41.5 Å². The van der Waals surface area contributed by atoms with E-state index in [1.807, 2.05) is 36.4 Å². The monoisotopic (exact) mass is 415 g/mol. The Morgan fingerprint density at radius 1 is 1.14 bits per heavy atom. The molecule has 0 bridgehead atoms. The normalized spacial score (nSPS) is 13.7. The van der Waals surface area contributed by atoms with E-state index in [0.717, 1.165) is 14.7 Å². The summed E-state index contributed by atoms with van der Waals surface area (Å²) in [4.78, 5) is 0. The Labute approximate surface area is 144 Å². The van der Waals surface area contributed by atoms with Crippen molar-refractivity contribution in [3.05, 3.63) is 68.3 Å². The Kier molecular flexibility index (Phi) is 6.07. The predicted octanol–water partition coefficient (Wildman–Crippen LogP) is 2.68. The first-order valence-corrected chi connectivity index (χ1v) is 7.96. The minimum atomic E-state index is -1.13. The number of hydrogen-bond acceptors (Lipinski definition) is 3. The number of benzene rings is 2. The standard InChI is InChI=1S/C15H16BClINO2/c1-21-16-19-10-15(20,11-2-6-13(17)7-3-11)12-4-8-14(18)9-5-12/h2-9,16,19-20H,10H2,1H3. The van der Waals surface area contributed by atoms with Gasteiger partial charge >= 0.3 is 7.62 Å². The van der Waals surface area contributed by atoms with Gasteiger partial charge in [0.25, 0.3) is 0 Å². The van der Waals surface area contributed by atoms with E-state index >= 15 is 0 Å². The van der Waals surface area contributed by atoms with Crippen molar-refractivity contribution in [2.24, 2.45) is 0 Å². The smallest absolute Gasteiger partial charge is 0.360 e. The second-order valence-electron chi connectivity index (χ2n) is 4.73. The molecule has 0 amide bonds. The molecule has 0 radical (unpaired) electrons. The summed E-state index contributed by atoms with van der Waals surface area (Å²) in [6.07, 6.45) is 0. The van der Waals surface area contributed by atoms with E-state index in [-0.39, 0.29) is 0 Å². The molecule has 2 N–H and O–H groups in total. The molecule has 0 saturated heterocycles. The molecule has 0 aliphatic heterocycles. The van der Waals surface area contributed by atoms with Crippen molar-refractivity contribution in [1.82, 2.24) is 5.23 Å². The SMILES string of the molecule is COBNCC(O)(c1ccc(Cl)cc1)c1ccc(I)cc1. The molecule has 6 heteroatoms. The van der Waals surface area contributed by atoms with E-state index in [1.165, 1.54) is 0 Å². The quantitative estimate of drug-likeness (QED) is 0.433. The van der Waals surface area contributed by atoms with Gasteiger partial charge in [0.05, 0.1) is 0 Å². The average molecular weight is 415 g/mol. The van der Waals surface area contributed by atoms with Crippen LogP contribution in [0.2, 0.25) is 5.02 Å². The van der Waals surface area contributed by atoms with Gasteiger partial charge in [-0.05, 0) is 58.0 Å². The number of aliphatic hydroxyl groups is 1. The number of nitrogens with one attached hydrogen (secondary N) is 1. The van der Waals surface area contributed by atoms with Gasteiger partial charge in [0.2, 0.25) is 0 Å². The van der Waals surface area contributed by atoms with Crippen molar-refractivity contribution in [1.29, 1.82) is 0 Å². The zero-order valence-corrected chi connectivity index (χ0v) is 14.6. The summed E-state index contributed by atoms with van der Waals surface area (Å²) in [7, 11) is 1.99. The molecule has 0 aromatic heterocycles. The highest BCUT2D eigenvalue weighted by molar-refractivity contribution is 14.1. The molecule has 21 heavy (non-hydrogen) atoms. The lowest BCUT2D eigenvalue weighted by Crippen LogP contribution is -2.41. The van der Waals surface area contributed by atoms with Crippen LogP contribution in [0.1, 0.15) is 11.1 Å². The molecule has 3 nitrogen and oxygen atoms in total. The molecule has 0 heterocycles. The highest BCUT2D eigenvalue weighted by Gasteiger charge is 2.31. The van der Waals surface area contributed by atoms with Crippen LogP contribution in [-0.2, 0) is 10.3 Å². The highest BCUT2D eigenvalue weighted by atomic mass is 127. The van der Waals surface area contributed by atoms with Gasteiger partial charge in [0.1, 0.15) is 5.60 Å². The molecule has 2 aromatic rings. The summed E-state index contributed by atoms with van der Waals surface area (Å²) in [5.74, 6) is 0. The van der Waals surface area contributed by atoms with Crippen LogP contribution in [0.4, 0.5) is 0 Å². The van der Waals surface area contributed by atoms with E-state index in [2.05, 4.69) is 27.8 Å². The predicted molar refractivity (Wildman–Crippen MR) is 95.8 cm³/mol. The third-order valence-electron chi connectivity index (χ3n) is 3.27. The molecule has 1 unspecified atom stereocenters. The minimum Gasteiger partial charge on any atom is -0.427 e. The molecule has 0 saturated carbocycles. The van der Waals surface area contributed by atoms with Gasteiger partial charge in [-0.25, -0.2) is 0 Å². The van der Waals surface area contributed by atoms with Gasteiger partial charge in [0.15, 0.2) is 0 Å². The van der Waals surface area contributed by atoms with Gasteiger partial charge in [-0.2, -0.15) is 0 Å². The lowest BCUT2D eigenvalue weighted by molar-refractivity contribution is 0.0849. The first-order valence-electron chi connectivity index (χ1n) is 6.50. The molecule has 0 aliphatic carbocycles. The summed E-state index contributed by atoms with van der Waals surface area (Å²) in [5, 5.41) is 14.9. The maximum absolute atomic E-state index is 11.2. The third-order valence-corrected chi connectivity index (χ3v) is 4.24. The fourth-order valence-electron chi connectivity index (χ4n) is 2.16. The second kappa shape index (κ2) is 7.60. The van der Waals surface area contributed by atoms with Gasteiger partial charge in [-0.1, -0.05) is 35.9 Å². The van der Waals surface area contributed by atoms with E-state index in [0.29, 0.717) is 19.2 Å². The fourth-order valence-corrected chi connectivity index (χ4v) is 2.64. The minimum absolute atomic E-state index is 0.350. The highest BCUT2D eigenvalue weighted by Crippen LogP contribution is 2.30. The fraction of sp³-hybridized carbons (Fsp3) is 0.200. The van der Waals surface area contributed by atoms with Crippen molar-refractivity contribution in [2.45, 2.75) is 5.60 Å². The summed E-state index contributed by atoms with van der Waals surface area (Å²) in [6, 6.07) is 15.1. The van der Waals surface area contributed by atoms with Crippen molar-refractivity contribution in [3.63, 3.8) is 0 Å². The molecule has 2 aromatic carbocycles. The van der Waals surface area contributed by atoms with Crippen LogP contribution in [0.5, 0.6) is 0 Å². The lowest BCUT2D eigenvalue weighted by Gasteiger charge is -2.30. The summed E-state index contributed by atoms with van der Waals surface area (Å²) >= 11 is 8.18. The molecular formula is C15H16BClINO2. The molecule has 0 spiro atoms. The third kappa shape index (κ3) is 4.20. The summed E-state index contributed by atoms with van der Waals surface area (Å²) < 4.78 is 6.13. The number of halogens is 2. The maximum Gasteiger partial charge on any atom is 0.360 e. The molecular weight excluding hydrogens is 399 g/mol. The summed E-state index contributed by atoms with van der Waals surface area (Å²) in [6.45, 7) is 0.350. The largest absolute Gasteiger partial charge is 0.427 e. The number of hydrogen-bond donors (Lipinski definition) is 2.